The Morgan fingerprint density at radius 2 is 1.93 bits per heavy atom. The maximum absolute atomic E-state index is 10.7. The first kappa shape index (κ1) is 11.4. The number of carboxylic acid groups (broad SMARTS) is 1. The number of hydrogen-bond donors (Lipinski definition) is 3. The fourth-order valence-electron chi connectivity index (χ4n) is 1.51. The SMILES string of the molecule is O=C(O)C(NO)C(=S)N1CCCCC1. The number of piperidine rings is 1. The van der Waals surface area contributed by atoms with Crippen LogP contribution in [-0.4, -0.2) is 45.3 Å². The van der Waals surface area contributed by atoms with Crippen LogP contribution in [0.25, 0.3) is 0 Å². The Morgan fingerprint density at radius 1 is 1.36 bits per heavy atom. The summed E-state index contributed by atoms with van der Waals surface area (Å²) < 4.78 is 0. The van der Waals surface area contributed by atoms with Gasteiger partial charge in [-0.3, -0.25) is 0 Å². The molecule has 1 unspecified atom stereocenters. The van der Waals surface area contributed by atoms with Crippen molar-refractivity contribution in [2.45, 2.75) is 25.3 Å². The Balaban J connectivity index is 2.56. The van der Waals surface area contributed by atoms with Gasteiger partial charge in [-0.2, -0.15) is 5.48 Å². The largest absolute Gasteiger partial charge is 0.480 e. The minimum atomic E-state index is -1.16. The molecule has 0 spiro atoms. The van der Waals surface area contributed by atoms with E-state index in [1.165, 1.54) is 0 Å². The van der Waals surface area contributed by atoms with Gasteiger partial charge in [0.15, 0.2) is 6.04 Å². The third kappa shape index (κ3) is 2.63. The molecule has 0 saturated carbocycles. The molecule has 0 aliphatic carbocycles. The number of likely N-dealkylation sites (tertiary alicyclic amines) is 1. The predicted octanol–water partition coefficient (Wildman–Crippen LogP) is 0.232. The molecule has 1 aliphatic rings. The van der Waals surface area contributed by atoms with Crippen molar-refractivity contribution in [3.05, 3.63) is 0 Å². The van der Waals surface area contributed by atoms with E-state index < -0.39 is 12.0 Å². The molecule has 0 amide bonds. The number of hydroxylamine groups is 1. The average molecular weight is 218 g/mol. The maximum atomic E-state index is 10.7. The molecule has 14 heavy (non-hydrogen) atoms. The van der Waals surface area contributed by atoms with E-state index >= 15 is 0 Å². The van der Waals surface area contributed by atoms with E-state index in [2.05, 4.69) is 0 Å². The first-order chi connectivity index (χ1) is 6.66. The van der Waals surface area contributed by atoms with E-state index in [0.29, 0.717) is 0 Å². The van der Waals surface area contributed by atoms with E-state index in [1.807, 2.05) is 4.90 Å². The third-order valence-electron chi connectivity index (χ3n) is 2.29. The number of rotatable bonds is 3. The normalized spacial score (nSPS) is 19.1. The van der Waals surface area contributed by atoms with Crippen LogP contribution < -0.4 is 5.48 Å². The lowest BCUT2D eigenvalue weighted by Gasteiger charge is -2.31. The number of hydrogen-bond acceptors (Lipinski definition) is 4. The smallest absolute Gasteiger partial charge is 0.330 e. The summed E-state index contributed by atoms with van der Waals surface area (Å²) in [5.41, 5.74) is 1.72. The van der Waals surface area contributed by atoms with Gasteiger partial charge in [0.25, 0.3) is 0 Å². The highest BCUT2D eigenvalue weighted by Crippen LogP contribution is 2.11. The van der Waals surface area contributed by atoms with Crippen molar-refractivity contribution in [3.8, 4) is 0 Å². The van der Waals surface area contributed by atoms with Crippen molar-refractivity contribution >= 4 is 23.2 Å². The zero-order valence-corrected chi connectivity index (χ0v) is 8.59. The lowest BCUT2D eigenvalue weighted by Crippen LogP contribution is -2.50. The van der Waals surface area contributed by atoms with Crippen molar-refractivity contribution in [1.82, 2.24) is 10.4 Å². The molecule has 1 aliphatic heterocycles. The van der Waals surface area contributed by atoms with E-state index in [4.69, 9.17) is 22.5 Å². The summed E-state index contributed by atoms with van der Waals surface area (Å²) in [4.78, 5) is 12.8. The molecule has 1 atom stereocenters. The summed E-state index contributed by atoms with van der Waals surface area (Å²) in [5.74, 6) is -1.15. The number of nitrogens with one attached hydrogen (secondary N) is 1. The van der Waals surface area contributed by atoms with Crippen LogP contribution >= 0.6 is 12.2 Å². The van der Waals surface area contributed by atoms with Gasteiger partial charge < -0.3 is 15.2 Å². The summed E-state index contributed by atoms with van der Waals surface area (Å²) in [6.45, 7) is 1.56. The minimum absolute atomic E-state index is 0.264. The van der Waals surface area contributed by atoms with Crippen LogP contribution in [0, 0.1) is 0 Å². The molecular weight excluding hydrogens is 204 g/mol. The molecule has 0 aromatic rings. The van der Waals surface area contributed by atoms with Crippen molar-refractivity contribution in [2.75, 3.05) is 13.1 Å². The van der Waals surface area contributed by atoms with Crippen LogP contribution in [0.2, 0.25) is 0 Å². The Bertz CT molecular complexity index is 229. The molecule has 1 rings (SSSR count). The van der Waals surface area contributed by atoms with Crippen LogP contribution in [0.1, 0.15) is 19.3 Å². The van der Waals surface area contributed by atoms with Gasteiger partial charge in [-0.1, -0.05) is 12.2 Å². The molecule has 0 radical (unpaired) electrons. The lowest BCUT2D eigenvalue weighted by molar-refractivity contribution is -0.140. The topological polar surface area (TPSA) is 72.8 Å². The number of thiocarbonyl (C=S) groups is 1. The van der Waals surface area contributed by atoms with Crippen LogP contribution in [0.5, 0.6) is 0 Å². The molecular formula is C8H14N2O3S. The lowest BCUT2D eigenvalue weighted by atomic mass is 10.1. The number of aliphatic carboxylic acids is 1. The first-order valence-electron chi connectivity index (χ1n) is 4.58. The molecule has 0 aromatic heterocycles. The van der Waals surface area contributed by atoms with Gasteiger partial charge in [0.05, 0.1) is 0 Å². The van der Waals surface area contributed by atoms with Gasteiger partial charge in [0.2, 0.25) is 0 Å². The molecule has 3 N–H and O–H groups in total. The van der Waals surface area contributed by atoms with Crippen molar-refractivity contribution in [2.24, 2.45) is 0 Å². The predicted molar refractivity (Wildman–Crippen MR) is 54.4 cm³/mol. The van der Waals surface area contributed by atoms with Gasteiger partial charge in [-0.25, -0.2) is 4.79 Å². The molecule has 1 saturated heterocycles. The molecule has 0 bridgehead atoms. The van der Waals surface area contributed by atoms with Crippen LogP contribution in [0.15, 0.2) is 0 Å². The average Bonchev–Trinajstić information content (AvgIpc) is 2.19. The van der Waals surface area contributed by atoms with Crippen LogP contribution in [0.3, 0.4) is 0 Å². The fraction of sp³-hybridized carbons (Fsp3) is 0.750. The zero-order valence-electron chi connectivity index (χ0n) is 7.77. The number of nitrogens with zero attached hydrogens (tertiary/aromatic N) is 1. The molecule has 5 nitrogen and oxygen atoms in total. The van der Waals surface area contributed by atoms with E-state index in [1.54, 1.807) is 5.48 Å². The number of carbonyl (C=O) groups is 1. The quantitative estimate of drug-likeness (QED) is 0.465. The fourth-order valence-corrected chi connectivity index (χ4v) is 1.85. The summed E-state index contributed by atoms with van der Waals surface area (Å²) in [5, 5.41) is 17.4. The van der Waals surface area contributed by atoms with E-state index in [0.717, 1.165) is 32.4 Å². The van der Waals surface area contributed by atoms with E-state index in [-0.39, 0.29) is 4.99 Å². The summed E-state index contributed by atoms with van der Waals surface area (Å²) >= 11 is 4.99. The number of carboxylic acids is 1. The molecule has 0 aromatic carbocycles. The summed E-state index contributed by atoms with van der Waals surface area (Å²) in [7, 11) is 0. The van der Waals surface area contributed by atoms with Crippen molar-refractivity contribution < 1.29 is 15.1 Å². The van der Waals surface area contributed by atoms with E-state index in [9.17, 15) is 4.79 Å². The van der Waals surface area contributed by atoms with Gasteiger partial charge >= 0.3 is 5.97 Å². The highest BCUT2D eigenvalue weighted by atomic mass is 32.1. The second-order valence-corrected chi connectivity index (χ2v) is 3.70. The van der Waals surface area contributed by atoms with Gasteiger partial charge in [-0.15, -0.1) is 0 Å². The Labute approximate surface area is 87.7 Å². The monoisotopic (exact) mass is 218 g/mol. The molecule has 1 fully saturated rings. The van der Waals surface area contributed by atoms with Gasteiger partial charge in [0.1, 0.15) is 4.99 Å². The Kier molecular flexibility index (Phi) is 4.24. The second-order valence-electron chi connectivity index (χ2n) is 3.29. The molecule has 1 heterocycles. The van der Waals surface area contributed by atoms with Gasteiger partial charge in [-0.05, 0) is 19.3 Å². The summed E-state index contributed by atoms with van der Waals surface area (Å²) in [6, 6.07) is -1.16. The van der Waals surface area contributed by atoms with Gasteiger partial charge in [0, 0.05) is 13.1 Å². The van der Waals surface area contributed by atoms with Crippen LogP contribution in [0.4, 0.5) is 0 Å². The van der Waals surface area contributed by atoms with Crippen molar-refractivity contribution in [1.29, 1.82) is 0 Å². The molecule has 80 valence electrons. The summed E-state index contributed by atoms with van der Waals surface area (Å²) in [6.07, 6.45) is 3.21. The molecule has 6 heteroatoms. The first-order valence-corrected chi connectivity index (χ1v) is 4.99. The van der Waals surface area contributed by atoms with Crippen molar-refractivity contribution in [3.63, 3.8) is 0 Å². The van der Waals surface area contributed by atoms with Crippen LogP contribution in [-0.2, 0) is 4.79 Å². The third-order valence-corrected chi connectivity index (χ3v) is 2.78. The minimum Gasteiger partial charge on any atom is -0.480 e. The Hall–Kier alpha value is -0.720. The Morgan fingerprint density at radius 3 is 2.36 bits per heavy atom. The second kappa shape index (κ2) is 5.23. The maximum Gasteiger partial charge on any atom is 0.330 e. The standard InChI is InChI=1S/C8H14N2O3S/c11-8(12)6(9-13)7(14)10-4-2-1-3-5-10/h6,9,13H,1-5H2,(H,11,12). The highest BCUT2D eigenvalue weighted by molar-refractivity contribution is 7.80. The zero-order chi connectivity index (χ0) is 10.6. The highest BCUT2D eigenvalue weighted by Gasteiger charge is 2.26.